The molecule has 0 heterocycles. The average molecular weight is 199 g/mol. The van der Waals surface area contributed by atoms with Crippen molar-refractivity contribution in [1.29, 1.82) is 0 Å². The highest BCUT2D eigenvalue weighted by atomic mass is 16.5. The molecule has 0 aromatic carbocycles. The predicted octanol–water partition coefficient (Wildman–Crippen LogP) is 2.58. The topological polar surface area (TPSA) is 21.3 Å². The molecule has 0 aliphatic heterocycles. The zero-order valence-corrected chi connectivity index (χ0v) is 9.72. The van der Waals surface area contributed by atoms with E-state index in [1.807, 2.05) is 0 Å². The molecule has 0 saturated heterocycles. The minimum atomic E-state index is 0.775. The van der Waals surface area contributed by atoms with Gasteiger partial charge in [-0.15, -0.1) is 0 Å². The van der Waals surface area contributed by atoms with Crippen LogP contribution in [0.1, 0.15) is 45.4 Å². The fourth-order valence-electron chi connectivity index (χ4n) is 2.21. The molecule has 1 aliphatic carbocycles. The van der Waals surface area contributed by atoms with Gasteiger partial charge in [0.2, 0.25) is 0 Å². The lowest BCUT2D eigenvalue weighted by molar-refractivity contribution is 0.192. The van der Waals surface area contributed by atoms with Crippen LogP contribution in [0.3, 0.4) is 0 Å². The first kappa shape index (κ1) is 12.0. The standard InChI is InChI=1S/C12H25NO/c1-11-5-3-6-12(8-7-11)13-9-4-10-14-2/h11-13H,3-10H2,1-2H3. The zero-order chi connectivity index (χ0) is 10.2. The molecule has 1 fully saturated rings. The zero-order valence-electron chi connectivity index (χ0n) is 9.72. The maximum atomic E-state index is 5.03. The number of hydrogen-bond donors (Lipinski definition) is 1. The van der Waals surface area contributed by atoms with Crippen molar-refractivity contribution in [3.8, 4) is 0 Å². The minimum Gasteiger partial charge on any atom is -0.385 e. The molecule has 0 amide bonds. The second-order valence-corrected chi connectivity index (χ2v) is 4.61. The van der Waals surface area contributed by atoms with Crippen molar-refractivity contribution in [1.82, 2.24) is 5.32 Å². The molecular formula is C12H25NO. The predicted molar refractivity (Wildman–Crippen MR) is 60.5 cm³/mol. The first-order valence-electron chi connectivity index (χ1n) is 6.05. The second-order valence-electron chi connectivity index (χ2n) is 4.61. The van der Waals surface area contributed by atoms with E-state index in [1.165, 1.54) is 32.1 Å². The van der Waals surface area contributed by atoms with Crippen LogP contribution >= 0.6 is 0 Å². The van der Waals surface area contributed by atoms with Crippen LogP contribution in [0, 0.1) is 5.92 Å². The quantitative estimate of drug-likeness (QED) is 0.543. The summed E-state index contributed by atoms with van der Waals surface area (Å²) in [5.74, 6) is 0.945. The van der Waals surface area contributed by atoms with Crippen LogP contribution < -0.4 is 5.32 Å². The van der Waals surface area contributed by atoms with Gasteiger partial charge in [-0.1, -0.05) is 19.8 Å². The molecule has 2 unspecified atom stereocenters. The lowest BCUT2D eigenvalue weighted by Gasteiger charge is -2.15. The second kappa shape index (κ2) is 7.24. The lowest BCUT2D eigenvalue weighted by Crippen LogP contribution is -2.29. The summed E-state index contributed by atoms with van der Waals surface area (Å²) in [6, 6.07) is 0.775. The van der Waals surface area contributed by atoms with Crippen molar-refractivity contribution in [2.45, 2.75) is 51.5 Å². The summed E-state index contributed by atoms with van der Waals surface area (Å²) in [5.41, 5.74) is 0. The molecule has 0 bridgehead atoms. The third-order valence-electron chi connectivity index (χ3n) is 3.22. The van der Waals surface area contributed by atoms with Crippen LogP contribution in [0.2, 0.25) is 0 Å². The van der Waals surface area contributed by atoms with Gasteiger partial charge in [-0.3, -0.25) is 0 Å². The van der Waals surface area contributed by atoms with Crippen molar-refractivity contribution in [3.05, 3.63) is 0 Å². The molecule has 0 aromatic rings. The normalized spacial score (nSPS) is 28.7. The molecule has 2 nitrogen and oxygen atoms in total. The SMILES string of the molecule is COCCCNC1CCCC(C)CC1. The van der Waals surface area contributed by atoms with Gasteiger partial charge >= 0.3 is 0 Å². The van der Waals surface area contributed by atoms with Gasteiger partial charge in [-0.25, -0.2) is 0 Å². The van der Waals surface area contributed by atoms with E-state index in [9.17, 15) is 0 Å². The summed E-state index contributed by atoms with van der Waals surface area (Å²) in [4.78, 5) is 0. The van der Waals surface area contributed by atoms with Gasteiger partial charge in [-0.05, 0) is 38.1 Å². The van der Waals surface area contributed by atoms with Crippen LogP contribution in [0.4, 0.5) is 0 Å². The molecule has 1 aliphatic rings. The van der Waals surface area contributed by atoms with Crippen molar-refractivity contribution >= 4 is 0 Å². The third-order valence-corrected chi connectivity index (χ3v) is 3.22. The van der Waals surface area contributed by atoms with Crippen molar-refractivity contribution in [2.24, 2.45) is 5.92 Å². The van der Waals surface area contributed by atoms with Crippen LogP contribution in [-0.2, 0) is 4.74 Å². The van der Waals surface area contributed by atoms with Gasteiger partial charge in [0, 0.05) is 19.8 Å². The molecule has 1 N–H and O–H groups in total. The summed E-state index contributed by atoms with van der Waals surface area (Å²) in [6.07, 6.45) is 8.12. The first-order valence-corrected chi connectivity index (χ1v) is 6.05. The van der Waals surface area contributed by atoms with E-state index in [4.69, 9.17) is 4.74 Å². The summed E-state index contributed by atoms with van der Waals surface area (Å²) in [5, 5.41) is 3.64. The Morgan fingerprint density at radius 1 is 1.21 bits per heavy atom. The fraction of sp³-hybridized carbons (Fsp3) is 1.00. The Morgan fingerprint density at radius 2 is 2.07 bits per heavy atom. The molecule has 2 heteroatoms. The lowest BCUT2D eigenvalue weighted by atomic mass is 10.0. The van der Waals surface area contributed by atoms with Crippen molar-refractivity contribution < 1.29 is 4.74 Å². The Hall–Kier alpha value is -0.0800. The number of methoxy groups -OCH3 is 1. The van der Waals surface area contributed by atoms with E-state index < -0.39 is 0 Å². The molecule has 14 heavy (non-hydrogen) atoms. The van der Waals surface area contributed by atoms with Crippen molar-refractivity contribution in [3.63, 3.8) is 0 Å². The molecular weight excluding hydrogens is 174 g/mol. The highest BCUT2D eigenvalue weighted by Crippen LogP contribution is 2.22. The molecule has 1 rings (SSSR count). The average Bonchev–Trinajstić information content (AvgIpc) is 2.38. The van der Waals surface area contributed by atoms with Gasteiger partial charge in [0.25, 0.3) is 0 Å². The van der Waals surface area contributed by atoms with Gasteiger partial charge < -0.3 is 10.1 Å². The van der Waals surface area contributed by atoms with Crippen LogP contribution in [0.5, 0.6) is 0 Å². The molecule has 2 atom stereocenters. The van der Waals surface area contributed by atoms with E-state index in [2.05, 4.69) is 12.2 Å². The summed E-state index contributed by atoms with van der Waals surface area (Å²) in [6.45, 7) is 4.39. The molecule has 84 valence electrons. The van der Waals surface area contributed by atoms with Gasteiger partial charge in [0.1, 0.15) is 0 Å². The Morgan fingerprint density at radius 3 is 2.86 bits per heavy atom. The van der Waals surface area contributed by atoms with E-state index in [0.717, 1.165) is 31.5 Å². The number of hydrogen-bond acceptors (Lipinski definition) is 2. The number of rotatable bonds is 5. The molecule has 1 saturated carbocycles. The monoisotopic (exact) mass is 199 g/mol. The van der Waals surface area contributed by atoms with Crippen LogP contribution in [-0.4, -0.2) is 26.3 Å². The van der Waals surface area contributed by atoms with E-state index in [1.54, 1.807) is 7.11 Å². The van der Waals surface area contributed by atoms with Crippen LogP contribution in [0.15, 0.2) is 0 Å². The van der Waals surface area contributed by atoms with Crippen molar-refractivity contribution in [2.75, 3.05) is 20.3 Å². The Kier molecular flexibility index (Phi) is 6.20. The highest BCUT2D eigenvalue weighted by Gasteiger charge is 2.14. The number of nitrogens with one attached hydrogen (secondary N) is 1. The highest BCUT2D eigenvalue weighted by molar-refractivity contribution is 4.73. The van der Waals surface area contributed by atoms with Gasteiger partial charge in [0.05, 0.1) is 0 Å². The maximum absolute atomic E-state index is 5.03. The Bertz CT molecular complexity index is 138. The molecule has 0 radical (unpaired) electrons. The first-order chi connectivity index (χ1) is 6.83. The fourth-order valence-corrected chi connectivity index (χ4v) is 2.21. The Labute approximate surface area is 88.4 Å². The minimum absolute atomic E-state index is 0.775. The number of ether oxygens (including phenoxy) is 1. The molecule has 0 spiro atoms. The van der Waals surface area contributed by atoms with E-state index in [0.29, 0.717) is 0 Å². The van der Waals surface area contributed by atoms with E-state index in [-0.39, 0.29) is 0 Å². The summed E-state index contributed by atoms with van der Waals surface area (Å²) in [7, 11) is 1.77. The summed E-state index contributed by atoms with van der Waals surface area (Å²) >= 11 is 0. The van der Waals surface area contributed by atoms with E-state index >= 15 is 0 Å². The summed E-state index contributed by atoms with van der Waals surface area (Å²) < 4.78 is 5.03. The smallest absolute Gasteiger partial charge is 0.0474 e. The molecule has 0 aromatic heterocycles. The Balaban J connectivity index is 2.05. The third kappa shape index (κ3) is 4.97. The van der Waals surface area contributed by atoms with Crippen LogP contribution in [0.25, 0.3) is 0 Å². The van der Waals surface area contributed by atoms with Gasteiger partial charge in [0.15, 0.2) is 0 Å². The largest absolute Gasteiger partial charge is 0.385 e. The van der Waals surface area contributed by atoms with Gasteiger partial charge in [-0.2, -0.15) is 0 Å². The maximum Gasteiger partial charge on any atom is 0.0474 e.